The van der Waals surface area contributed by atoms with Crippen LogP contribution in [0.2, 0.25) is 0 Å². The van der Waals surface area contributed by atoms with Crippen LogP contribution in [-0.2, 0) is 9.78 Å². The van der Waals surface area contributed by atoms with E-state index in [2.05, 4.69) is 0 Å². The highest BCUT2D eigenvalue weighted by molar-refractivity contribution is 5.88. The van der Waals surface area contributed by atoms with Gasteiger partial charge in [0.05, 0.1) is 11.5 Å². The van der Waals surface area contributed by atoms with Crippen molar-refractivity contribution in [3.8, 4) is 0 Å². The van der Waals surface area contributed by atoms with Crippen LogP contribution in [0.4, 0.5) is 13.2 Å². The van der Waals surface area contributed by atoms with Crippen molar-refractivity contribution >= 4 is 5.97 Å². The number of hydrogen-bond donors (Lipinski definition) is 1. The molecule has 0 spiro atoms. The van der Waals surface area contributed by atoms with Crippen molar-refractivity contribution < 1.29 is 27.7 Å². The van der Waals surface area contributed by atoms with Gasteiger partial charge in [-0.05, 0) is 57.6 Å². The number of alkyl halides is 3. The summed E-state index contributed by atoms with van der Waals surface area (Å²) >= 11 is 0. The number of hydrogen-bond acceptors (Lipinski definition) is 4. The van der Waals surface area contributed by atoms with Crippen molar-refractivity contribution in [2.24, 2.45) is 17.6 Å². The zero-order valence-corrected chi connectivity index (χ0v) is 14.4. The summed E-state index contributed by atoms with van der Waals surface area (Å²) in [6.45, 7) is 3.34. The number of carbonyl (C=O) groups excluding carboxylic acids is 1. The standard InChI is InChI=1S/C18H24F3NO3/c1-17(2,25-24-16(23)13-6-4-3-5-7-13)15(22)12-8-10-14(11-9-12)18(19,20)21/h3-7,12,14-15H,8-11,22H2,1-2H3/t12-,14-,15?. The van der Waals surface area contributed by atoms with Crippen LogP contribution in [0.1, 0.15) is 49.9 Å². The largest absolute Gasteiger partial charge is 0.391 e. The fraction of sp³-hybridized carbons (Fsp3) is 0.611. The normalized spacial score (nSPS) is 23.1. The molecular formula is C18H24F3NO3. The first kappa shape index (κ1) is 19.7. The molecule has 25 heavy (non-hydrogen) atoms. The van der Waals surface area contributed by atoms with Crippen molar-refractivity contribution in [1.29, 1.82) is 0 Å². The quantitative estimate of drug-likeness (QED) is 0.631. The molecule has 1 aliphatic rings. The highest BCUT2D eigenvalue weighted by Crippen LogP contribution is 2.41. The minimum Gasteiger partial charge on any atom is -0.325 e. The molecule has 0 aromatic heterocycles. The Bertz CT molecular complexity index is 567. The Kier molecular flexibility index (Phi) is 6.11. The van der Waals surface area contributed by atoms with Gasteiger partial charge >= 0.3 is 12.1 Å². The van der Waals surface area contributed by atoms with Gasteiger partial charge in [0.1, 0.15) is 5.60 Å². The first-order chi connectivity index (χ1) is 11.6. The Balaban J connectivity index is 1.88. The minimum atomic E-state index is -4.15. The van der Waals surface area contributed by atoms with Crippen LogP contribution in [0.5, 0.6) is 0 Å². The lowest BCUT2D eigenvalue weighted by molar-refractivity contribution is -0.315. The van der Waals surface area contributed by atoms with Gasteiger partial charge < -0.3 is 5.73 Å². The summed E-state index contributed by atoms with van der Waals surface area (Å²) in [6.07, 6.45) is -3.24. The number of halogens is 3. The molecule has 1 unspecified atom stereocenters. The monoisotopic (exact) mass is 359 g/mol. The lowest BCUT2D eigenvalue weighted by atomic mass is 9.74. The van der Waals surface area contributed by atoms with Gasteiger partial charge in [0, 0.05) is 6.04 Å². The summed E-state index contributed by atoms with van der Waals surface area (Å²) in [5.41, 5.74) is 5.55. The van der Waals surface area contributed by atoms with Gasteiger partial charge in [0.25, 0.3) is 0 Å². The molecule has 2 N–H and O–H groups in total. The summed E-state index contributed by atoms with van der Waals surface area (Å²) < 4.78 is 38.3. The molecule has 2 rings (SSSR count). The first-order valence-electron chi connectivity index (χ1n) is 8.38. The summed E-state index contributed by atoms with van der Waals surface area (Å²) in [6, 6.07) is 7.83. The molecule has 1 atom stereocenters. The number of nitrogens with two attached hydrogens (primary N) is 1. The SMILES string of the molecule is CC(C)(OOC(=O)c1ccccc1)C(N)[C@H]1CC[C@H](C(F)(F)F)CC1. The van der Waals surface area contributed by atoms with E-state index >= 15 is 0 Å². The Labute approximate surface area is 145 Å². The smallest absolute Gasteiger partial charge is 0.325 e. The van der Waals surface area contributed by atoms with Crippen molar-refractivity contribution in [3.63, 3.8) is 0 Å². The molecule has 1 fully saturated rings. The first-order valence-corrected chi connectivity index (χ1v) is 8.38. The topological polar surface area (TPSA) is 61.5 Å². The van der Waals surface area contributed by atoms with Gasteiger partial charge in [-0.15, -0.1) is 0 Å². The highest BCUT2D eigenvalue weighted by atomic mass is 19.4. The average molecular weight is 359 g/mol. The van der Waals surface area contributed by atoms with E-state index in [1.54, 1.807) is 44.2 Å². The molecule has 0 bridgehead atoms. The Morgan fingerprint density at radius 3 is 2.20 bits per heavy atom. The van der Waals surface area contributed by atoms with Gasteiger partial charge in [-0.3, -0.25) is 4.89 Å². The van der Waals surface area contributed by atoms with E-state index in [0.717, 1.165) is 0 Å². The predicted octanol–water partition coefficient (Wildman–Crippen LogP) is 4.25. The second-order valence-corrected chi connectivity index (χ2v) is 7.10. The molecular weight excluding hydrogens is 335 g/mol. The van der Waals surface area contributed by atoms with Crippen molar-refractivity contribution in [3.05, 3.63) is 35.9 Å². The maximum atomic E-state index is 12.8. The van der Waals surface area contributed by atoms with Gasteiger partial charge in [0.2, 0.25) is 0 Å². The van der Waals surface area contributed by atoms with Gasteiger partial charge in [0.15, 0.2) is 0 Å². The Hall–Kier alpha value is -1.60. The van der Waals surface area contributed by atoms with E-state index in [4.69, 9.17) is 15.5 Å². The second-order valence-electron chi connectivity index (χ2n) is 7.10. The van der Waals surface area contributed by atoms with Crippen LogP contribution in [0.15, 0.2) is 30.3 Å². The van der Waals surface area contributed by atoms with E-state index in [-0.39, 0.29) is 18.8 Å². The fourth-order valence-electron chi connectivity index (χ4n) is 3.20. The molecule has 1 aliphatic carbocycles. The van der Waals surface area contributed by atoms with Crippen LogP contribution in [0.25, 0.3) is 0 Å². The molecule has 0 amide bonds. The molecule has 0 saturated heterocycles. The van der Waals surface area contributed by atoms with Crippen LogP contribution >= 0.6 is 0 Å². The third kappa shape index (κ3) is 5.19. The van der Waals surface area contributed by atoms with Crippen LogP contribution in [0.3, 0.4) is 0 Å². The number of benzene rings is 1. The van der Waals surface area contributed by atoms with E-state index in [0.29, 0.717) is 18.4 Å². The summed E-state index contributed by atoms with van der Waals surface area (Å²) in [7, 11) is 0. The zero-order chi connectivity index (χ0) is 18.7. The van der Waals surface area contributed by atoms with Gasteiger partial charge in [-0.1, -0.05) is 18.2 Å². The predicted molar refractivity (Wildman–Crippen MR) is 86.5 cm³/mol. The molecule has 140 valence electrons. The van der Waals surface area contributed by atoms with Crippen LogP contribution in [-0.4, -0.2) is 23.8 Å². The summed E-state index contributed by atoms with van der Waals surface area (Å²) in [5.74, 6) is -2.00. The van der Waals surface area contributed by atoms with Crippen molar-refractivity contribution in [1.82, 2.24) is 0 Å². The molecule has 4 nitrogen and oxygen atoms in total. The molecule has 0 aliphatic heterocycles. The highest BCUT2D eigenvalue weighted by Gasteiger charge is 2.44. The van der Waals surface area contributed by atoms with E-state index in [9.17, 15) is 18.0 Å². The van der Waals surface area contributed by atoms with Crippen molar-refractivity contribution in [2.45, 2.75) is 57.3 Å². The van der Waals surface area contributed by atoms with Crippen LogP contribution < -0.4 is 5.73 Å². The lowest BCUT2D eigenvalue weighted by Crippen LogP contribution is -2.51. The Morgan fingerprint density at radius 2 is 1.68 bits per heavy atom. The minimum absolute atomic E-state index is 0.0712. The molecule has 1 saturated carbocycles. The van der Waals surface area contributed by atoms with E-state index < -0.39 is 29.7 Å². The summed E-state index contributed by atoms with van der Waals surface area (Å²) in [4.78, 5) is 22.1. The average Bonchev–Trinajstić information content (AvgIpc) is 2.59. The van der Waals surface area contributed by atoms with Crippen LogP contribution in [0, 0.1) is 11.8 Å². The Morgan fingerprint density at radius 1 is 1.12 bits per heavy atom. The number of rotatable bonds is 5. The van der Waals surface area contributed by atoms with Gasteiger partial charge in [-0.25, -0.2) is 4.79 Å². The molecule has 1 aromatic carbocycles. The lowest BCUT2D eigenvalue weighted by Gasteiger charge is -2.39. The van der Waals surface area contributed by atoms with Gasteiger partial charge in [-0.2, -0.15) is 18.1 Å². The maximum absolute atomic E-state index is 12.8. The fourth-order valence-corrected chi connectivity index (χ4v) is 3.20. The summed E-state index contributed by atoms with van der Waals surface area (Å²) in [5, 5.41) is 0. The van der Waals surface area contributed by atoms with Crippen molar-refractivity contribution in [2.75, 3.05) is 0 Å². The molecule has 0 radical (unpaired) electrons. The molecule has 7 heteroatoms. The second kappa shape index (κ2) is 7.74. The molecule has 0 heterocycles. The zero-order valence-electron chi connectivity index (χ0n) is 14.4. The van der Waals surface area contributed by atoms with E-state index in [1.807, 2.05) is 0 Å². The molecule has 1 aromatic rings. The van der Waals surface area contributed by atoms with E-state index in [1.165, 1.54) is 0 Å². The maximum Gasteiger partial charge on any atom is 0.391 e. The number of carbonyl (C=O) groups is 1. The third-order valence-electron chi connectivity index (χ3n) is 4.89. The third-order valence-corrected chi connectivity index (χ3v) is 4.89.